The van der Waals surface area contributed by atoms with Gasteiger partial charge in [-0.15, -0.1) is 0 Å². The molecule has 3 nitrogen and oxygen atoms in total. The van der Waals surface area contributed by atoms with Crippen molar-refractivity contribution in [3.63, 3.8) is 0 Å². The van der Waals surface area contributed by atoms with E-state index in [1.807, 2.05) is 0 Å². The van der Waals surface area contributed by atoms with E-state index in [0.29, 0.717) is 0 Å². The van der Waals surface area contributed by atoms with Gasteiger partial charge in [0.1, 0.15) is 11.8 Å². The summed E-state index contributed by atoms with van der Waals surface area (Å²) in [4.78, 5) is 1.73. The van der Waals surface area contributed by atoms with Gasteiger partial charge in [0.2, 0.25) is 0 Å². The molecule has 0 aromatic rings. The maximum atomic E-state index is 12.8. The largest absolute Gasteiger partial charge is 0.399 e. The van der Waals surface area contributed by atoms with Crippen LogP contribution in [0.25, 0.3) is 0 Å². The van der Waals surface area contributed by atoms with Crippen LogP contribution in [0.1, 0.15) is 39.0 Å². The number of nitrogens with two attached hydrogens (primary N) is 1. The van der Waals surface area contributed by atoms with E-state index in [2.05, 4.69) is 6.92 Å². The molecule has 19 heavy (non-hydrogen) atoms. The topological polar surface area (TPSA) is 53.1 Å². The van der Waals surface area contributed by atoms with Crippen LogP contribution in [-0.4, -0.2) is 36.5 Å². The molecule has 1 aliphatic carbocycles. The Morgan fingerprint density at radius 3 is 2.21 bits per heavy atom. The highest BCUT2D eigenvalue weighted by Gasteiger charge is 2.43. The lowest BCUT2D eigenvalue weighted by Gasteiger charge is -2.36. The Balaban J connectivity index is 2.54. The maximum absolute atomic E-state index is 12.8. The molecule has 3 N–H and O–H groups in total. The van der Waals surface area contributed by atoms with Crippen LogP contribution in [0, 0.1) is 17.2 Å². The second-order valence-corrected chi connectivity index (χ2v) is 5.57. The third kappa shape index (κ3) is 4.67. The van der Waals surface area contributed by atoms with Gasteiger partial charge in [0.05, 0.1) is 0 Å². The Morgan fingerprint density at radius 1 is 1.32 bits per heavy atom. The minimum atomic E-state index is -4.43. The van der Waals surface area contributed by atoms with E-state index in [9.17, 15) is 13.2 Å². The van der Waals surface area contributed by atoms with Crippen LogP contribution in [0.5, 0.6) is 0 Å². The minimum Gasteiger partial charge on any atom is -0.387 e. The zero-order chi connectivity index (χ0) is 14.6. The molecule has 1 atom stereocenters. The van der Waals surface area contributed by atoms with Crippen molar-refractivity contribution in [1.29, 1.82) is 5.41 Å². The predicted molar refractivity (Wildman–Crippen MR) is 70.1 cm³/mol. The number of halogens is 3. The molecule has 0 amide bonds. The summed E-state index contributed by atoms with van der Waals surface area (Å²) in [6.45, 7) is 1.95. The molecule has 1 unspecified atom stereocenters. The molecule has 1 aliphatic rings. The first-order valence-electron chi connectivity index (χ1n) is 6.86. The van der Waals surface area contributed by atoms with Crippen molar-refractivity contribution in [1.82, 2.24) is 4.90 Å². The number of hydrogen-bond donors (Lipinski definition) is 2. The molecule has 0 heterocycles. The Bertz CT molecular complexity index is 296. The zero-order valence-corrected chi connectivity index (χ0v) is 11.6. The van der Waals surface area contributed by atoms with E-state index in [-0.39, 0.29) is 12.6 Å². The summed E-state index contributed by atoms with van der Waals surface area (Å²) in [6, 6.07) is 0.187. The Morgan fingerprint density at radius 2 is 1.84 bits per heavy atom. The number of nitrogens with zero attached hydrogens (tertiary/aromatic N) is 1. The molecule has 1 rings (SSSR count). The highest BCUT2D eigenvalue weighted by atomic mass is 19.4. The number of alkyl halides is 3. The average molecular weight is 279 g/mol. The van der Waals surface area contributed by atoms with Gasteiger partial charge >= 0.3 is 6.18 Å². The molecule has 0 spiro atoms. The maximum Gasteiger partial charge on any atom is 0.399 e. The SMILES string of the molecule is CCC1CCC(N(C)CC(C(=N)N)C(F)(F)F)CC1. The van der Waals surface area contributed by atoms with Crippen LogP contribution < -0.4 is 5.73 Å². The van der Waals surface area contributed by atoms with Crippen LogP contribution >= 0.6 is 0 Å². The summed E-state index contributed by atoms with van der Waals surface area (Å²) in [5, 5.41) is 7.11. The van der Waals surface area contributed by atoms with Gasteiger partial charge in [-0.3, -0.25) is 5.41 Å². The first kappa shape index (κ1) is 16.3. The Labute approximate surface area is 112 Å². The summed E-state index contributed by atoms with van der Waals surface area (Å²) in [7, 11) is 1.71. The first-order chi connectivity index (χ1) is 8.75. The lowest BCUT2D eigenvalue weighted by Crippen LogP contribution is -2.46. The second kappa shape index (κ2) is 6.59. The van der Waals surface area contributed by atoms with Crippen LogP contribution in [0.15, 0.2) is 0 Å². The third-order valence-electron chi connectivity index (χ3n) is 4.26. The number of amidine groups is 1. The number of rotatable bonds is 5. The fourth-order valence-electron chi connectivity index (χ4n) is 2.81. The monoisotopic (exact) mass is 279 g/mol. The van der Waals surface area contributed by atoms with Crippen molar-refractivity contribution in [2.45, 2.75) is 51.2 Å². The Kier molecular flexibility index (Phi) is 5.64. The molecule has 0 aromatic carbocycles. The molecule has 1 saturated carbocycles. The van der Waals surface area contributed by atoms with E-state index in [4.69, 9.17) is 11.1 Å². The highest BCUT2D eigenvalue weighted by Crippen LogP contribution is 2.31. The van der Waals surface area contributed by atoms with Crippen molar-refractivity contribution >= 4 is 5.84 Å². The molecular formula is C13H24F3N3. The van der Waals surface area contributed by atoms with Gasteiger partial charge in [-0.25, -0.2) is 0 Å². The fourth-order valence-corrected chi connectivity index (χ4v) is 2.81. The van der Waals surface area contributed by atoms with Crippen molar-refractivity contribution in [2.75, 3.05) is 13.6 Å². The van der Waals surface area contributed by atoms with E-state index in [1.54, 1.807) is 11.9 Å². The second-order valence-electron chi connectivity index (χ2n) is 5.57. The predicted octanol–water partition coefficient (Wildman–Crippen LogP) is 3.00. The van der Waals surface area contributed by atoms with Crippen molar-refractivity contribution in [2.24, 2.45) is 17.6 Å². The number of nitrogens with one attached hydrogen (secondary N) is 1. The molecule has 0 bridgehead atoms. The summed E-state index contributed by atoms with van der Waals surface area (Å²) in [6.07, 6.45) is 0.773. The molecule has 6 heteroatoms. The molecule has 1 fully saturated rings. The zero-order valence-electron chi connectivity index (χ0n) is 11.6. The van der Waals surface area contributed by atoms with Crippen LogP contribution in [0.3, 0.4) is 0 Å². The molecule has 0 aromatic heterocycles. The van der Waals surface area contributed by atoms with Crippen LogP contribution in [-0.2, 0) is 0 Å². The van der Waals surface area contributed by atoms with Crippen molar-refractivity contribution in [3.05, 3.63) is 0 Å². The first-order valence-corrected chi connectivity index (χ1v) is 6.86. The van der Waals surface area contributed by atoms with Crippen LogP contribution in [0.2, 0.25) is 0 Å². The molecular weight excluding hydrogens is 255 g/mol. The standard InChI is InChI=1S/C13H24F3N3/c1-3-9-4-6-10(7-5-9)19(2)8-11(12(17)18)13(14,15)16/h9-11H,3-8H2,1-2H3,(H3,17,18). The lowest BCUT2D eigenvalue weighted by atomic mass is 9.84. The lowest BCUT2D eigenvalue weighted by molar-refractivity contribution is -0.160. The summed E-state index contributed by atoms with van der Waals surface area (Å²) >= 11 is 0. The van der Waals surface area contributed by atoms with Crippen LogP contribution in [0.4, 0.5) is 13.2 Å². The van der Waals surface area contributed by atoms with E-state index < -0.39 is 17.9 Å². The minimum absolute atomic E-state index is 0.187. The van der Waals surface area contributed by atoms with E-state index in [0.717, 1.165) is 38.0 Å². The average Bonchev–Trinajstić information content (AvgIpc) is 2.34. The summed E-state index contributed by atoms with van der Waals surface area (Å²) in [5.74, 6) is -1.92. The quantitative estimate of drug-likeness (QED) is 0.600. The van der Waals surface area contributed by atoms with Crippen molar-refractivity contribution < 1.29 is 13.2 Å². The summed E-state index contributed by atoms with van der Waals surface area (Å²) < 4.78 is 38.3. The van der Waals surface area contributed by atoms with Gasteiger partial charge in [0.25, 0.3) is 0 Å². The molecule has 0 aliphatic heterocycles. The van der Waals surface area contributed by atoms with Gasteiger partial charge in [-0.1, -0.05) is 13.3 Å². The molecule has 112 valence electrons. The van der Waals surface area contributed by atoms with Crippen molar-refractivity contribution in [3.8, 4) is 0 Å². The normalized spacial score (nSPS) is 26.4. The summed E-state index contributed by atoms with van der Waals surface area (Å²) in [5.41, 5.74) is 5.08. The molecule has 0 saturated heterocycles. The van der Waals surface area contributed by atoms with Gasteiger partial charge in [-0.2, -0.15) is 13.2 Å². The third-order valence-corrected chi connectivity index (χ3v) is 4.26. The number of hydrogen-bond acceptors (Lipinski definition) is 2. The van der Waals surface area contributed by atoms with Gasteiger partial charge in [0.15, 0.2) is 0 Å². The molecule has 0 radical (unpaired) electrons. The fraction of sp³-hybridized carbons (Fsp3) is 0.923. The smallest absolute Gasteiger partial charge is 0.387 e. The van der Waals surface area contributed by atoms with Gasteiger partial charge < -0.3 is 10.6 Å². The van der Waals surface area contributed by atoms with Gasteiger partial charge in [-0.05, 0) is 38.6 Å². The van der Waals surface area contributed by atoms with E-state index in [1.165, 1.54) is 0 Å². The van der Waals surface area contributed by atoms with Gasteiger partial charge in [0, 0.05) is 12.6 Å². The Hall–Kier alpha value is -0.780. The van der Waals surface area contributed by atoms with E-state index >= 15 is 0 Å². The highest BCUT2D eigenvalue weighted by molar-refractivity contribution is 5.80.